The molecule has 1 atom stereocenters. The Bertz CT molecular complexity index is 696. The number of benzene rings is 2. The molecule has 0 aromatic heterocycles. The van der Waals surface area contributed by atoms with Gasteiger partial charge >= 0.3 is 0 Å². The fourth-order valence-electron chi connectivity index (χ4n) is 2.98. The number of hydrogen-bond acceptors (Lipinski definition) is 2. The summed E-state index contributed by atoms with van der Waals surface area (Å²) in [5.41, 5.74) is 9.91. The van der Waals surface area contributed by atoms with E-state index in [9.17, 15) is 0 Å². The molecule has 2 aromatic carbocycles. The maximum absolute atomic E-state index is 7.82. The van der Waals surface area contributed by atoms with Crippen LogP contribution >= 0.6 is 11.6 Å². The second-order valence-corrected chi connectivity index (χ2v) is 6.06. The van der Waals surface area contributed by atoms with Crippen molar-refractivity contribution in [1.82, 2.24) is 0 Å². The van der Waals surface area contributed by atoms with E-state index < -0.39 is 0 Å². The highest BCUT2D eigenvalue weighted by atomic mass is 35.5. The van der Waals surface area contributed by atoms with Crippen LogP contribution in [-0.2, 0) is 6.42 Å². The molecule has 0 bridgehead atoms. The zero-order valence-electron chi connectivity index (χ0n) is 11.9. The number of amidine groups is 1. The van der Waals surface area contributed by atoms with Crippen LogP contribution in [0.5, 0.6) is 0 Å². The van der Waals surface area contributed by atoms with Crippen molar-refractivity contribution in [3.05, 3.63) is 58.6 Å². The minimum absolute atomic E-state index is 0.0446. The van der Waals surface area contributed by atoms with Crippen LogP contribution in [0.2, 0.25) is 5.02 Å². The maximum Gasteiger partial charge on any atom is 0.124 e. The minimum atomic E-state index is 0.0446. The zero-order chi connectivity index (χ0) is 15.0. The van der Waals surface area contributed by atoms with E-state index in [4.69, 9.17) is 22.7 Å². The van der Waals surface area contributed by atoms with E-state index in [-0.39, 0.29) is 5.84 Å². The van der Waals surface area contributed by atoms with Gasteiger partial charge in [-0.25, -0.2) is 0 Å². The number of fused-ring (bicyclic) bond motifs is 1. The predicted molar refractivity (Wildman–Crippen MR) is 88.8 cm³/mol. The second kappa shape index (κ2) is 5.41. The first-order valence-corrected chi connectivity index (χ1v) is 7.43. The SMILES string of the molecule is CC1Cc2ccccc2N(c2ccc(Cl)cc2C(=N)N)C1. The molecule has 4 heteroatoms. The highest BCUT2D eigenvalue weighted by molar-refractivity contribution is 6.31. The number of nitrogens with zero attached hydrogens (tertiary/aromatic N) is 1. The van der Waals surface area contributed by atoms with E-state index in [0.29, 0.717) is 16.5 Å². The summed E-state index contributed by atoms with van der Waals surface area (Å²) in [5, 5.41) is 8.42. The lowest BCUT2D eigenvalue weighted by atomic mass is 9.93. The number of para-hydroxylation sites is 1. The van der Waals surface area contributed by atoms with Gasteiger partial charge in [-0.3, -0.25) is 5.41 Å². The maximum atomic E-state index is 7.82. The van der Waals surface area contributed by atoms with Crippen molar-refractivity contribution < 1.29 is 0 Å². The first-order valence-electron chi connectivity index (χ1n) is 7.05. The Morgan fingerprint density at radius 3 is 2.76 bits per heavy atom. The minimum Gasteiger partial charge on any atom is -0.384 e. The summed E-state index contributed by atoms with van der Waals surface area (Å²) >= 11 is 6.06. The van der Waals surface area contributed by atoms with E-state index in [1.54, 1.807) is 6.07 Å². The summed E-state index contributed by atoms with van der Waals surface area (Å²) in [5.74, 6) is 0.596. The largest absolute Gasteiger partial charge is 0.384 e. The first-order chi connectivity index (χ1) is 10.1. The third kappa shape index (κ3) is 2.61. The fraction of sp³-hybridized carbons (Fsp3) is 0.235. The lowest BCUT2D eigenvalue weighted by molar-refractivity contribution is 0.562. The van der Waals surface area contributed by atoms with Gasteiger partial charge in [0.15, 0.2) is 0 Å². The lowest BCUT2D eigenvalue weighted by Crippen LogP contribution is -2.32. The standard InChI is InChI=1S/C17H18ClN3/c1-11-8-12-4-2-3-5-15(12)21(10-11)16-7-6-13(18)9-14(16)17(19)20/h2-7,9,11H,8,10H2,1H3,(H3,19,20). The molecule has 1 aliphatic rings. The summed E-state index contributed by atoms with van der Waals surface area (Å²) in [6, 6.07) is 14.0. The molecule has 0 fully saturated rings. The van der Waals surface area contributed by atoms with Crippen LogP contribution in [0, 0.1) is 11.3 Å². The van der Waals surface area contributed by atoms with Gasteiger partial charge in [0.05, 0.1) is 5.69 Å². The Hall–Kier alpha value is -2.00. The molecule has 0 radical (unpaired) electrons. The van der Waals surface area contributed by atoms with Crippen molar-refractivity contribution >= 4 is 28.8 Å². The van der Waals surface area contributed by atoms with Crippen LogP contribution in [0.15, 0.2) is 42.5 Å². The van der Waals surface area contributed by atoms with Gasteiger partial charge in [0.2, 0.25) is 0 Å². The van der Waals surface area contributed by atoms with E-state index in [2.05, 4.69) is 30.0 Å². The van der Waals surface area contributed by atoms with E-state index in [1.165, 1.54) is 11.3 Å². The molecule has 0 aliphatic carbocycles. The molecule has 0 saturated heterocycles. The van der Waals surface area contributed by atoms with Gasteiger partial charge in [0, 0.05) is 22.8 Å². The van der Waals surface area contributed by atoms with E-state index in [0.717, 1.165) is 18.7 Å². The topological polar surface area (TPSA) is 53.1 Å². The molecule has 1 aliphatic heterocycles. The van der Waals surface area contributed by atoms with Gasteiger partial charge in [-0.15, -0.1) is 0 Å². The smallest absolute Gasteiger partial charge is 0.124 e. The van der Waals surface area contributed by atoms with Crippen molar-refractivity contribution in [2.24, 2.45) is 11.7 Å². The molecule has 2 aromatic rings. The van der Waals surface area contributed by atoms with Gasteiger partial charge in [0.1, 0.15) is 5.84 Å². The van der Waals surface area contributed by atoms with Crippen LogP contribution in [0.25, 0.3) is 0 Å². The molecule has 108 valence electrons. The van der Waals surface area contributed by atoms with Crippen molar-refractivity contribution in [2.75, 3.05) is 11.4 Å². The molecule has 0 amide bonds. The van der Waals surface area contributed by atoms with Gasteiger partial charge in [0.25, 0.3) is 0 Å². The van der Waals surface area contributed by atoms with Gasteiger partial charge in [-0.2, -0.15) is 0 Å². The van der Waals surface area contributed by atoms with Crippen molar-refractivity contribution in [1.29, 1.82) is 5.41 Å². The van der Waals surface area contributed by atoms with Gasteiger partial charge < -0.3 is 10.6 Å². The highest BCUT2D eigenvalue weighted by Gasteiger charge is 2.24. The van der Waals surface area contributed by atoms with E-state index in [1.807, 2.05) is 18.2 Å². The Labute approximate surface area is 129 Å². The molecule has 1 heterocycles. The third-order valence-corrected chi connectivity index (χ3v) is 4.12. The summed E-state index contributed by atoms with van der Waals surface area (Å²) < 4.78 is 0. The zero-order valence-corrected chi connectivity index (χ0v) is 12.7. The number of anilines is 2. The average Bonchev–Trinajstić information content (AvgIpc) is 2.46. The van der Waals surface area contributed by atoms with Gasteiger partial charge in [-0.1, -0.05) is 36.7 Å². The van der Waals surface area contributed by atoms with Crippen LogP contribution < -0.4 is 10.6 Å². The van der Waals surface area contributed by atoms with Gasteiger partial charge in [-0.05, 0) is 42.2 Å². The third-order valence-electron chi connectivity index (χ3n) is 3.88. The van der Waals surface area contributed by atoms with Crippen molar-refractivity contribution in [3.8, 4) is 0 Å². The average molecular weight is 300 g/mol. The molecular weight excluding hydrogens is 282 g/mol. The molecule has 21 heavy (non-hydrogen) atoms. The summed E-state index contributed by atoms with van der Waals surface area (Å²) in [6.07, 6.45) is 1.08. The quantitative estimate of drug-likeness (QED) is 0.651. The summed E-state index contributed by atoms with van der Waals surface area (Å²) in [6.45, 7) is 3.16. The summed E-state index contributed by atoms with van der Waals surface area (Å²) in [4.78, 5) is 2.25. The Kier molecular flexibility index (Phi) is 3.60. The Morgan fingerprint density at radius 2 is 2.00 bits per heavy atom. The van der Waals surface area contributed by atoms with Crippen molar-refractivity contribution in [2.45, 2.75) is 13.3 Å². The first kappa shape index (κ1) is 14.0. The van der Waals surface area contributed by atoms with Crippen LogP contribution in [-0.4, -0.2) is 12.4 Å². The Balaban J connectivity index is 2.15. The fourth-order valence-corrected chi connectivity index (χ4v) is 3.16. The number of nitrogens with one attached hydrogen (secondary N) is 1. The van der Waals surface area contributed by atoms with Crippen molar-refractivity contribution in [3.63, 3.8) is 0 Å². The highest BCUT2D eigenvalue weighted by Crippen LogP contribution is 2.37. The number of halogens is 1. The van der Waals surface area contributed by atoms with Crippen LogP contribution in [0.4, 0.5) is 11.4 Å². The molecule has 3 N–H and O–H groups in total. The predicted octanol–water partition coefficient (Wildman–Crippen LogP) is 3.95. The molecule has 0 saturated carbocycles. The molecule has 1 unspecified atom stereocenters. The number of rotatable bonds is 2. The number of nitrogen functional groups attached to an aromatic ring is 1. The molecule has 0 spiro atoms. The lowest BCUT2D eigenvalue weighted by Gasteiger charge is -2.36. The molecule has 3 rings (SSSR count). The van der Waals surface area contributed by atoms with E-state index >= 15 is 0 Å². The normalized spacial score (nSPS) is 17.4. The van der Waals surface area contributed by atoms with Crippen LogP contribution in [0.3, 0.4) is 0 Å². The molecule has 3 nitrogen and oxygen atoms in total. The van der Waals surface area contributed by atoms with Crippen LogP contribution in [0.1, 0.15) is 18.1 Å². The Morgan fingerprint density at radius 1 is 1.24 bits per heavy atom. The second-order valence-electron chi connectivity index (χ2n) is 5.62. The molecular formula is C17H18ClN3. The number of hydrogen-bond donors (Lipinski definition) is 2. The monoisotopic (exact) mass is 299 g/mol. The summed E-state index contributed by atoms with van der Waals surface area (Å²) in [7, 11) is 0. The number of nitrogens with two attached hydrogens (primary N) is 1.